The predicted molar refractivity (Wildman–Crippen MR) is 59.3 cm³/mol. The Morgan fingerprint density at radius 2 is 1.53 bits per heavy atom. The molecule has 0 saturated carbocycles. The quantitative estimate of drug-likeness (QED) is 0.764. The van der Waals surface area contributed by atoms with Crippen molar-refractivity contribution in [3.8, 4) is 0 Å². The van der Waals surface area contributed by atoms with Crippen LogP contribution in [0.25, 0.3) is 5.70 Å². The molecule has 15 heavy (non-hydrogen) atoms. The number of hydrogen-bond acceptors (Lipinski definition) is 2. The molecule has 0 aliphatic heterocycles. The van der Waals surface area contributed by atoms with Gasteiger partial charge in [-0.2, -0.15) is 0 Å². The Morgan fingerprint density at radius 3 is 1.93 bits per heavy atom. The third-order valence-corrected chi connectivity index (χ3v) is 1.97. The minimum Gasteiger partial charge on any atom is -0.326 e. The lowest BCUT2D eigenvalue weighted by molar-refractivity contribution is -0.117. The zero-order valence-electron chi connectivity index (χ0n) is 8.83. The number of nitrogens with one attached hydrogen (secondary N) is 1. The Hall–Kier alpha value is -1.90. The number of ketones is 1. The summed E-state index contributed by atoms with van der Waals surface area (Å²) in [4.78, 5) is 21.8. The van der Waals surface area contributed by atoms with Gasteiger partial charge in [0.2, 0.25) is 5.91 Å². The Labute approximate surface area is 88.8 Å². The molecule has 1 aromatic rings. The van der Waals surface area contributed by atoms with Crippen LogP contribution < -0.4 is 5.32 Å². The lowest BCUT2D eigenvalue weighted by atomic mass is 10.1. The van der Waals surface area contributed by atoms with Gasteiger partial charge in [-0.25, -0.2) is 0 Å². The number of carbonyl (C=O) groups excluding carboxylic acids is 2. The van der Waals surface area contributed by atoms with Crippen molar-refractivity contribution in [2.24, 2.45) is 0 Å². The molecule has 0 bridgehead atoms. The summed E-state index contributed by atoms with van der Waals surface area (Å²) in [6, 6.07) is 6.94. The number of rotatable bonds is 3. The van der Waals surface area contributed by atoms with Gasteiger partial charge in [-0.15, -0.1) is 0 Å². The molecule has 78 valence electrons. The zero-order chi connectivity index (χ0) is 11.4. The molecule has 0 atom stereocenters. The van der Waals surface area contributed by atoms with E-state index in [1.54, 1.807) is 24.3 Å². The van der Waals surface area contributed by atoms with Crippen molar-refractivity contribution in [2.75, 3.05) is 0 Å². The normalized spacial score (nSPS) is 9.47. The average molecular weight is 203 g/mol. The second-order valence-corrected chi connectivity index (χ2v) is 3.29. The molecule has 1 rings (SSSR count). The SMILES string of the molecule is C=C(NC(C)=O)c1ccc(C(C)=O)cc1. The van der Waals surface area contributed by atoms with E-state index in [4.69, 9.17) is 0 Å². The zero-order valence-corrected chi connectivity index (χ0v) is 8.83. The van der Waals surface area contributed by atoms with E-state index in [-0.39, 0.29) is 11.7 Å². The Kier molecular flexibility index (Phi) is 3.39. The summed E-state index contributed by atoms with van der Waals surface area (Å²) in [5.41, 5.74) is 1.99. The number of hydrogen-bond donors (Lipinski definition) is 1. The fraction of sp³-hybridized carbons (Fsp3) is 0.167. The van der Waals surface area contributed by atoms with Crippen LogP contribution in [-0.2, 0) is 4.79 Å². The highest BCUT2D eigenvalue weighted by molar-refractivity contribution is 5.94. The highest BCUT2D eigenvalue weighted by Crippen LogP contribution is 2.11. The molecule has 0 aromatic heterocycles. The summed E-state index contributed by atoms with van der Waals surface area (Å²) in [6.45, 7) is 6.66. The smallest absolute Gasteiger partial charge is 0.221 e. The summed E-state index contributed by atoms with van der Waals surface area (Å²) >= 11 is 0. The van der Waals surface area contributed by atoms with Crippen molar-refractivity contribution >= 4 is 17.4 Å². The van der Waals surface area contributed by atoms with Crippen molar-refractivity contribution < 1.29 is 9.59 Å². The molecule has 0 radical (unpaired) electrons. The summed E-state index contributed by atoms with van der Waals surface area (Å²) in [5, 5.41) is 2.59. The van der Waals surface area contributed by atoms with E-state index >= 15 is 0 Å². The van der Waals surface area contributed by atoms with E-state index in [1.807, 2.05) is 0 Å². The van der Waals surface area contributed by atoms with Gasteiger partial charge in [0.25, 0.3) is 0 Å². The van der Waals surface area contributed by atoms with Crippen molar-refractivity contribution in [1.29, 1.82) is 0 Å². The van der Waals surface area contributed by atoms with Gasteiger partial charge in [-0.05, 0) is 12.5 Å². The molecule has 0 unspecified atom stereocenters. The lowest BCUT2D eigenvalue weighted by Crippen LogP contribution is -2.17. The highest BCUT2D eigenvalue weighted by Gasteiger charge is 2.02. The van der Waals surface area contributed by atoms with Crippen molar-refractivity contribution in [3.05, 3.63) is 42.0 Å². The summed E-state index contributed by atoms with van der Waals surface area (Å²) in [6.07, 6.45) is 0. The third kappa shape index (κ3) is 3.06. The van der Waals surface area contributed by atoms with Crippen LogP contribution in [0.4, 0.5) is 0 Å². The topological polar surface area (TPSA) is 46.2 Å². The lowest BCUT2D eigenvalue weighted by Gasteiger charge is -2.06. The van der Waals surface area contributed by atoms with Gasteiger partial charge in [0.1, 0.15) is 0 Å². The molecule has 0 saturated heterocycles. The van der Waals surface area contributed by atoms with E-state index in [0.717, 1.165) is 5.56 Å². The summed E-state index contributed by atoms with van der Waals surface area (Å²) < 4.78 is 0. The van der Waals surface area contributed by atoms with Crippen LogP contribution in [0.5, 0.6) is 0 Å². The van der Waals surface area contributed by atoms with E-state index in [9.17, 15) is 9.59 Å². The van der Waals surface area contributed by atoms with Crippen LogP contribution in [0, 0.1) is 0 Å². The third-order valence-electron chi connectivity index (χ3n) is 1.97. The van der Waals surface area contributed by atoms with Gasteiger partial charge in [0.15, 0.2) is 5.78 Å². The van der Waals surface area contributed by atoms with E-state index in [0.29, 0.717) is 11.3 Å². The highest BCUT2D eigenvalue weighted by atomic mass is 16.1. The second kappa shape index (κ2) is 4.55. The van der Waals surface area contributed by atoms with Crippen LogP contribution in [0.1, 0.15) is 29.8 Å². The van der Waals surface area contributed by atoms with Gasteiger partial charge in [-0.3, -0.25) is 9.59 Å². The van der Waals surface area contributed by atoms with Crippen LogP contribution in [0.3, 0.4) is 0 Å². The number of amides is 1. The Balaban J connectivity index is 2.84. The number of benzene rings is 1. The van der Waals surface area contributed by atoms with Crippen LogP contribution in [-0.4, -0.2) is 11.7 Å². The van der Waals surface area contributed by atoms with Gasteiger partial charge < -0.3 is 5.32 Å². The Morgan fingerprint density at radius 1 is 1.07 bits per heavy atom. The molecule has 0 heterocycles. The molecule has 0 fully saturated rings. The first-order valence-electron chi connectivity index (χ1n) is 4.58. The van der Waals surface area contributed by atoms with E-state index in [1.165, 1.54) is 13.8 Å². The fourth-order valence-electron chi connectivity index (χ4n) is 1.19. The monoisotopic (exact) mass is 203 g/mol. The molecular formula is C12H13NO2. The van der Waals surface area contributed by atoms with Crippen molar-refractivity contribution in [1.82, 2.24) is 5.32 Å². The van der Waals surface area contributed by atoms with Crippen LogP contribution >= 0.6 is 0 Å². The first-order chi connectivity index (χ1) is 7.00. The first-order valence-corrected chi connectivity index (χ1v) is 4.58. The van der Waals surface area contributed by atoms with E-state index in [2.05, 4.69) is 11.9 Å². The number of Topliss-reactive ketones (excluding diaryl/α,β-unsaturated/α-hetero) is 1. The largest absolute Gasteiger partial charge is 0.326 e. The summed E-state index contributed by atoms with van der Waals surface area (Å²) in [7, 11) is 0. The van der Waals surface area contributed by atoms with Gasteiger partial charge in [0.05, 0.1) is 0 Å². The molecule has 3 nitrogen and oxygen atoms in total. The first kappa shape index (κ1) is 11.2. The molecule has 3 heteroatoms. The van der Waals surface area contributed by atoms with Crippen LogP contribution in [0.15, 0.2) is 30.8 Å². The number of carbonyl (C=O) groups is 2. The van der Waals surface area contributed by atoms with Gasteiger partial charge in [-0.1, -0.05) is 30.8 Å². The molecule has 1 N–H and O–H groups in total. The second-order valence-electron chi connectivity index (χ2n) is 3.29. The van der Waals surface area contributed by atoms with Crippen molar-refractivity contribution in [2.45, 2.75) is 13.8 Å². The molecule has 0 aliphatic rings. The molecular weight excluding hydrogens is 190 g/mol. The average Bonchev–Trinajstić information content (AvgIpc) is 2.17. The molecule has 0 aliphatic carbocycles. The minimum atomic E-state index is -0.157. The van der Waals surface area contributed by atoms with Gasteiger partial charge >= 0.3 is 0 Å². The minimum absolute atomic E-state index is 0.0201. The molecule has 0 spiro atoms. The van der Waals surface area contributed by atoms with E-state index < -0.39 is 0 Å². The summed E-state index contributed by atoms with van der Waals surface area (Å²) in [5.74, 6) is -0.137. The Bertz CT molecular complexity index is 404. The van der Waals surface area contributed by atoms with Gasteiger partial charge in [0, 0.05) is 18.2 Å². The molecule has 1 amide bonds. The van der Waals surface area contributed by atoms with Crippen molar-refractivity contribution in [3.63, 3.8) is 0 Å². The maximum absolute atomic E-state index is 11.0. The van der Waals surface area contributed by atoms with Crippen LogP contribution in [0.2, 0.25) is 0 Å². The predicted octanol–water partition coefficient (Wildman–Crippen LogP) is 2.00. The molecule has 1 aromatic carbocycles. The maximum Gasteiger partial charge on any atom is 0.221 e. The maximum atomic E-state index is 11.0. The fourth-order valence-corrected chi connectivity index (χ4v) is 1.19. The standard InChI is InChI=1S/C12H13NO2/c1-8(13-10(3)15)11-4-6-12(7-5-11)9(2)14/h4-7H,1H2,2-3H3,(H,13,15).